The molecular formula is C120H112N4+4. The normalized spacial score (nSPS) is 13.1. The van der Waals surface area contributed by atoms with Gasteiger partial charge in [0.15, 0.2) is 24.8 Å². The van der Waals surface area contributed by atoms with Crippen molar-refractivity contribution in [3.8, 4) is 134 Å². The molecular weight excluding hydrogens is 1500 g/mol. The Balaban J connectivity index is 0.000000101. The molecule has 12 aromatic carbocycles. The number of rotatable bonds is 4. The van der Waals surface area contributed by atoms with Crippen molar-refractivity contribution in [1.29, 1.82) is 0 Å². The van der Waals surface area contributed by atoms with E-state index in [1.807, 2.05) is 0 Å². The third-order valence-electron chi connectivity index (χ3n) is 30.2. The molecule has 4 heteroatoms. The lowest BCUT2D eigenvalue weighted by atomic mass is 9.93. The Morgan fingerprint density at radius 1 is 0.169 bits per heavy atom. The van der Waals surface area contributed by atoms with Gasteiger partial charge in [0.1, 0.15) is 28.2 Å². The van der Waals surface area contributed by atoms with E-state index in [4.69, 9.17) is 0 Å². The Kier molecular flexibility index (Phi) is 18.7. The third-order valence-corrected chi connectivity index (χ3v) is 30.2. The molecule has 4 nitrogen and oxygen atoms in total. The van der Waals surface area contributed by atoms with Crippen LogP contribution in [-0.4, -0.2) is 0 Å². The van der Waals surface area contributed by atoms with Crippen LogP contribution in [-0.2, 0) is 79.6 Å². The summed E-state index contributed by atoms with van der Waals surface area (Å²) in [6.45, 7) is 35.7. The summed E-state index contributed by atoms with van der Waals surface area (Å²) >= 11 is 0. The molecule has 0 aliphatic heterocycles. The van der Waals surface area contributed by atoms with Crippen molar-refractivity contribution < 1.29 is 18.3 Å². The summed E-state index contributed by atoms with van der Waals surface area (Å²) < 4.78 is 9.30. The highest BCUT2D eigenvalue weighted by atomic mass is 14.9. The minimum Gasteiger partial charge on any atom is -0.201 e. The van der Waals surface area contributed by atoms with Crippen molar-refractivity contribution in [3.05, 3.63) is 397 Å². The minimum atomic E-state index is 1.03. The lowest BCUT2D eigenvalue weighted by Crippen LogP contribution is -2.32. The average Bonchev–Trinajstić information content (AvgIpc) is 1.58. The summed E-state index contributed by atoms with van der Waals surface area (Å²) in [6, 6.07) is 74.2. The van der Waals surface area contributed by atoms with Crippen molar-refractivity contribution in [2.75, 3.05) is 0 Å². The molecule has 16 aromatic rings. The molecule has 8 aliphatic rings. The van der Waals surface area contributed by atoms with Crippen LogP contribution in [0.5, 0.6) is 0 Å². The highest BCUT2D eigenvalue weighted by molar-refractivity contribution is 5.95. The second-order valence-electron chi connectivity index (χ2n) is 38.1. The predicted octanol–water partition coefficient (Wildman–Crippen LogP) is 26.2. The molecule has 4 heterocycles. The zero-order chi connectivity index (χ0) is 85.8. The zero-order valence-electron chi connectivity index (χ0n) is 76.2. The second-order valence-corrected chi connectivity index (χ2v) is 38.1. The van der Waals surface area contributed by atoms with E-state index in [0.717, 1.165) is 51.4 Å². The Hall–Kier alpha value is -12.8. The minimum absolute atomic E-state index is 1.03. The number of nitrogens with zero attached hydrogens (tertiary/aromatic N) is 4. The quantitative estimate of drug-likeness (QED) is 0.156. The van der Waals surface area contributed by atoms with Crippen LogP contribution in [0.3, 0.4) is 0 Å². The first-order valence-electron chi connectivity index (χ1n) is 45.1. The average molecular weight is 1610 g/mol. The third kappa shape index (κ3) is 12.4. The van der Waals surface area contributed by atoms with Crippen LogP contribution in [0.25, 0.3) is 134 Å². The number of benzene rings is 12. The maximum atomic E-state index is 2.37. The van der Waals surface area contributed by atoms with Crippen molar-refractivity contribution in [2.24, 2.45) is 28.2 Å². The summed E-state index contributed by atoms with van der Waals surface area (Å²) in [4.78, 5) is 0. The molecule has 0 saturated heterocycles. The van der Waals surface area contributed by atoms with Gasteiger partial charge in [0.2, 0.25) is 22.8 Å². The Morgan fingerprint density at radius 3 is 0.847 bits per heavy atom. The van der Waals surface area contributed by atoms with Gasteiger partial charge in [-0.15, -0.1) is 0 Å². The summed E-state index contributed by atoms with van der Waals surface area (Å²) in [7, 11) is 8.77. The smallest absolute Gasteiger partial charge is 0.201 e. The maximum Gasteiger partial charge on any atom is 0.216 e. The second kappa shape index (κ2) is 29.5. The molecule has 0 radical (unpaired) electrons. The van der Waals surface area contributed by atoms with E-state index < -0.39 is 0 Å². The molecule has 0 atom stereocenters. The van der Waals surface area contributed by atoms with Gasteiger partial charge in [0, 0.05) is 94.5 Å². The molecule has 0 N–H and O–H groups in total. The molecule has 24 rings (SSSR count). The van der Waals surface area contributed by atoms with Gasteiger partial charge in [-0.05, 0) is 372 Å². The molecule has 608 valence electrons. The van der Waals surface area contributed by atoms with Gasteiger partial charge in [-0.1, -0.05) is 179 Å². The number of aromatic nitrogens is 4. The summed E-state index contributed by atoms with van der Waals surface area (Å²) in [5, 5.41) is 0. The maximum absolute atomic E-state index is 2.37. The van der Waals surface area contributed by atoms with Gasteiger partial charge >= 0.3 is 0 Å². The van der Waals surface area contributed by atoms with Gasteiger partial charge in [-0.2, -0.15) is 0 Å². The van der Waals surface area contributed by atoms with Gasteiger partial charge in [-0.25, -0.2) is 18.3 Å². The monoisotopic (exact) mass is 1610 g/mol. The summed E-state index contributed by atoms with van der Waals surface area (Å²) in [6.07, 6.45) is 17.3. The fourth-order valence-corrected chi connectivity index (χ4v) is 23.6. The molecule has 0 fully saturated rings. The lowest BCUT2D eigenvalue weighted by Gasteiger charge is -2.12. The number of fused-ring (bicyclic) bond motifs is 28. The molecule has 8 aliphatic carbocycles. The Bertz CT molecular complexity index is 7440. The number of pyridine rings is 4. The predicted molar refractivity (Wildman–Crippen MR) is 514 cm³/mol. The largest absolute Gasteiger partial charge is 0.216 e. The van der Waals surface area contributed by atoms with E-state index in [9.17, 15) is 0 Å². The Morgan fingerprint density at radius 2 is 0.444 bits per heavy atom. The van der Waals surface area contributed by atoms with Crippen LogP contribution in [0.1, 0.15) is 178 Å². The number of hydrogen-bond acceptors (Lipinski definition) is 0. The topological polar surface area (TPSA) is 15.5 Å². The van der Waals surface area contributed by atoms with E-state index in [1.165, 1.54) is 290 Å². The fourth-order valence-electron chi connectivity index (χ4n) is 23.6. The van der Waals surface area contributed by atoms with Crippen LogP contribution in [0, 0.1) is 111 Å². The molecule has 0 amide bonds. The van der Waals surface area contributed by atoms with Gasteiger partial charge < -0.3 is 0 Å². The fraction of sp³-hybridized carbons (Fsp3) is 0.233. The first-order chi connectivity index (χ1) is 59.7. The summed E-state index contributed by atoms with van der Waals surface area (Å²) in [5.74, 6) is 0. The molecule has 0 bridgehead atoms. The molecule has 124 heavy (non-hydrogen) atoms. The lowest BCUT2D eigenvalue weighted by molar-refractivity contribution is -0.660. The zero-order valence-corrected chi connectivity index (χ0v) is 76.2. The van der Waals surface area contributed by atoms with Crippen molar-refractivity contribution in [1.82, 2.24) is 0 Å². The summed E-state index contributed by atoms with van der Waals surface area (Å²) in [5.41, 5.74) is 80.0. The van der Waals surface area contributed by atoms with Gasteiger partial charge in [-0.3, -0.25) is 0 Å². The van der Waals surface area contributed by atoms with E-state index in [2.05, 4.69) is 376 Å². The van der Waals surface area contributed by atoms with Gasteiger partial charge in [0.25, 0.3) is 0 Å². The van der Waals surface area contributed by atoms with Crippen LogP contribution in [0.4, 0.5) is 0 Å². The van der Waals surface area contributed by atoms with Crippen LogP contribution < -0.4 is 18.3 Å². The van der Waals surface area contributed by atoms with Crippen LogP contribution in [0.2, 0.25) is 0 Å². The molecule has 0 unspecified atom stereocenters. The van der Waals surface area contributed by atoms with Crippen molar-refractivity contribution in [2.45, 2.75) is 162 Å². The van der Waals surface area contributed by atoms with E-state index in [-0.39, 0.29) is 0 Å². The first-order valence-corrected chi connectivity index (χ1v) is 45.1. The first kappa shape index (κ1) is 78.5. The van der Waals surface area contributed by atoms with Crippen molar-refractivity contribution in [3.63, 3.8) is 0 Å². The highest BCUT2D eigenvalue weighted by Crippen LogP contribution is 2.55. The molecule has 0 saturated carbocycles. The van der Waals surface area contributed by atoms with Crippen LogP contribution in [0.15, 0.2) is 219 Å². The number of aryl methyl sites for hydroxylation is 16. The van der Waals surface area contributed by atoms with Crippen molar-refractivity contribution >= 4 is 0 Å². The molecule has 0 spiro atoms. The van der Waals surface area contributed by atoms with Gasteiger partial charge in [0.05, 0.1) is 0 Å². The highest BCUT2D eigenvalue weighted by Gasteiger charge is 2.40. The molecule has 4 aromatic heterocycles. The standard InChI is InChI=1S/4C30H28N/c1-17-6-7-22-21(13-17)15-27-23(22)8-9-24-25-10-11-31(5)30(29(25)16-28(24)27)26-14-18(2)12-19(3)20(26)4;1-17-6-7-21-15-27-23(26(21)13-17)9-8-22-24-10-11-31(5)30(29(24)16-28(22)27)25-14-18(2)12-19(3)20(25)4;1-17-13-19(3)20(4)26(14-17)30-29-16-28-23(24(29)11-12-31(30)5)10-9-22-21-8-6-7-18(2)25(21)15-27(22)28;1-17-13-19(3)20(4)25(14-17)30-28-16-27-22(23(28)11-12-31(30)5)9-10-24-26(27)15-21-8-6-7-18(2)29(21)24/h4*6-14H,15-16H2,1-5H3/q4*+1. The van der Waals surface area contributed by atoms with E-state index in [1.54, 1.807) is 22.3 Å². The number of hydrogen-bond donors (Lipinski definition) is 0. The Labute approximate surface area is 734 Å². The van der Waals surface area contributed by atoms with E-state index >= 15 is 0 Å². The van der Waals surface area contributed by atoms with Crippen LogP contribution >= 0.6 is 0 Å². The van der Waals surface area contributed by atoms with E-state index in [0.29, 0.717) is 0 Å². The SMILES string of the molecule is Cc1cc(C)c(C)c(-c2c3c(cc[n+]2C)-c2ccc4c(c2C3)Cc2c(C)cccc2-4)c1.Cc1cc(C)c(C)c(-c2c3c(cc[n+]2C)-c2ccc4c(c2C3)Cc2cccc(C)c2-4)c1.Cc1ccc2c(c1)-c1ccc3c(c1C2)Cc1c-3cc[n+](C)c1-c1cc(C)cc(C)c1C.Cc1ccc2c(c1)Cc1c-2ccc2c1Cc1c-2cc[n+](C)c1-c1cc(C)cc(C)c1C.